The Balaban J connectivity index is 1.67. The average molecular weight is 480 g/mol. The van der Waals surface area contributed by atoms with Crippen molar-refractivity contribution in [2.45, 2.75) is 37.3 Å². The first-order valence-corrected chi connectivity index (χ1v) is 10.4. The fourth-order valence-corrected chi connectivity index (χ4v) is 3.38. The van der Waals surface area contributed by atoms with Crippen molar-refractivity contribution in [2.75, 3.05) is 27.9 Å². The Kier molecular flexibility index (Phi) is 8.53. The van der Waals surface area contributed by atoms with Crippen molar-refractivity contribution >= 4 is 5.97 Å². The first kappa shape index (κ1) is 25.5. The molecule has 4 N–H and O–H groups in total. The SMILES string of the molecule is COc1ccc(C(=O)OCc2ccc(O[C@@H]3O[C@H](CO)[C@@H](O)[C@H](O)[C@H]3O)c(OC)c2)cc1OC. The maximum atomic E-state index is 12.4. The summed E-state index contributed by atoms with van der Waals surface area (Å²) in [5.41, 5.74) is 0.874. The summed E-state index contributed by atoms with van der Waals surface area (Å²) in [4.78, 5) is 12.4. The Morgan fingerprint density at radius 1 is 0.853 bits per heavy atom. The minimum atomic E-state index is -1.57. The second-order valence-electron chi connectivity index (χ2n) is 7.45. The van der Waals surface area contributed by atoms with Gasteiger partial charge in [0, 0.05) is 0 Å². The van der Waals surface area contributed by atoms with Crippen LogP contribution in [-0.2, 0) is 16.1 Å². The van der Waals surface area contributed by atoms with E-state index in [1.54, 1.807) is 24.3 Å². The van der Waals surface area contributed by atoms with Crippen molar-refractivity contribution in [1.29, 1.82) is 0 Å². The molecule has 1 aliphatic heterocycles. The fourth-order valence-electron chi connectivity index (χ4n) is 3.38. The van der Waals surface area contributed by atoms with Gasteiger partial charge in [-0.2, -0.15) is 0 Å². The van der Waals surface area contributed by atoms with Crippen LogP contribution in [0.4, 0.5) is 0 Å². The number of methoxy groups -OCH3 is 3. The lowest BCUT2D eigenvalue weighted by Gasteiger charge is -2.39. The normalized spacial score (nSPS) is 24.3. The van der Waals surface area contributed by atoms with E-state index in [0.717, 1.165) is 0 Å². The van der Waals surface area contributed by atoms with Crippen molar-refractivity contribution in [3.8, 4) is 23.0 Å². The molecule has 0 aromatic heterocycles. The van der Waals surface area contributed by atoms with E-state index in [4.69, 9.17) is 28.4 Å². The lowest BCUT2D eigenvalue weighted by Crippen LogP contribution is -2.60. The second kappa shape index (κ2) is 11.4. The van der Waals surface area contributed by atoms with E-state index in [1.165, 1.54) is 33.5 Å². The Morgan fingerprint density at radius 2 is 1.50 bits per heavy atom. The molecule has 11 nitrogen and oxygen atoms in total. The molecule has 5 atom stereocenters. The van der Waals surface area contributed by atoms with E-state index in [2.05, 4.69) is 0 Å². The minimum absolute atomic E-state index is 0.0656. The molecule has 1 heterocycles. The van der Waals surface area contributed by atoms with Crippen LogP contribution in [0.5, 0.6) is 23.0 Å². The Hall–Kier alpha value is -3.09. The van der Waals surface area contributed by atoms with Crippen LogP contribution >= 0.6 is 0 Å². The van der Waals surface area contributed by atoms with E-state index < -0.39 is 43.3 Å². The van der Waals surface area contributed by atoms with E-state index in [0.29, 0.717) is 17.1 Å². The molecule has 0 saturated carbocycles. The first-order chi connectivity index (χ1) is 16.3. The topological polar surface area (TPSA) is 153 Å². The quantitative estimate of drug-likeness (QED) is 0.365. The van der Waals surface area contributed by atoms with Crippen LogP contribution in [0.1, 0.15) is 15.9 Å². The third-order valence-corrected chi connectivity index (χ3v) is 5.31. The molecule has 3 rings (SSSR count). The van der Waals surface area contributed by atoms with Gasteiger partial charge in [0.25, 0.3) is 0 Å². The molecule has 0 unspecified atom stereocenters. The van der Waals surface area contributed by atoms with Crippen LogP contribution in [0.3, 0.4) is 0 Å². The molecule has 1 saturated heterocycles. The molecule has 34 heavy (non-hydrogen) atoms. The molecule has 0 amide bonds. The van der Waals surface area contributed by atoms with Crippen molar-refractivity contribution in [3.05, 3.63) is 47.5 Å². The highest BCUT2D eigenvalue weighted by molar-refractivity contribution is 5.90. The van der Waals surface area contributed by atoms with Gasteiger partial charge in [-0.3, -0.25) is 0 Å². The summed E-state index contributed by atoms with van der Waals surface area (Å²) in [7, 11) is 4.36. The van der Waals surface area contributed by atoms with Gasteiger partial charge in [-0.25, -0.2) is 4.79 Å². The van der Waals surface area contributed by atoms with Gasteiger partial charge in [0.2, 0.25) is 6.29 Å². The van der Waals surface area contributed by atoms with Gasteiger partial charge < -0.3 is 48.8 Å². The zero-order valence-corrected chi connectivity index (χ0v) is 18.9. The predicted molar refractivity (Wildman–Crippen MR) is 116 cm³/mol. The van der Waals surface area contributed by atoms with Gasteiger partial charge in [-0.1, -0.05) is 6.07 Å². The zero-order chi connectivity index (χ0) is 24.8. The standard InChI is InChI=1S/C23H28O11/c1-29-14-7-5-13(9-17(14)31-3)22(28)32-11-12-4-6-15(16(8-12)30-2)33-23-21(27)20(26)19(25)18(10-24)34-23/h4-9,18-21,23-27H,10-11H2,1-3H3/t18-,19-,20+,21-,23-/m1/s1. The lowest BCUT2D eigenvalue weighted by atomic mass is 9.99. The number of ether oxygens (including phenoxy) is 6. The second-order valence-corrected chi connectivity index (χ2v) is 7.45. The van der Waals surface area contributed by atoms with Crippen molar-refractivity contribution in [3.63, 3.8) is 0 Å². The summed E-state index contributed by atoms with van der Waals surface area (Å²) in [6.07, 6.45) is -7.10. The molecule has 1 fully saturated rings. The molecule has 2 aromatic carbocycles. The van der Waals surface area contributed by atoms with Crippen molar-refractivity contribution < 1.29 is 53.6 Å². The van der Waals surface area contributed by atoms with Crippen LogP contribution in [0.15, 0.2) is 36.4 Å². The summed E-state index contributed by atoms with van der Waals surface area (Å²) in [5.74, 6) is 0.729. The Morgan fingerprint density at radius 3 is 2.15 bits per heavy atom. The summed E-state index contributed by atoms with van der Waals surface area (Å²) < 4.78 is 32.0. The highest BCUT2D eigenvalue weighted by Gasteiger charge is 2.44. The molecular weight excluding hydrogens is 452 g/mol. The molecule has 1 aliphatic rings. The number of esters is 1. The van der Waals surface area contributed by atoms with Crippen LogP contribution < -0.4 is 18.9 Å². The predicted octanol–water partition coefficient (Wildman–Crippen LogP) is 0.248. The van der Waals surface area contributed by atoms with Gasteiger partial charge in [-0.05, 0) is 35.9 Å². The van der Waals surface area contributed by atoms with Crippen molar-refractivity contribution in [2.24, 2.45) is 0 Å². The maximum Gasteiger partial charge on any atom is 0.338 e. The van der Waals surface area contributed by atoms with Crippen LogP contribution in [0.2, 0.25) is 0 Å². The van der Waals surface area contributed by atoms with Crippen LogP contribution in [0.25, 0.3) is 0 Å². The number of hydrogen-bond donors (Lipinski definition) is 4. The third-order valence-electron chi connectivity index (χ3n) is 5.31. The highest BCUT2D eigenvalue weighted by Crippen LogP contribution is 2.32. The molecule has 186 valence electrons. The van der Waals surface area contributed by atoms with Crippen LogP contribution in [0, 0.1) is 0 Å². The molecule has 0 spiro atoms. The van der Waals surface area contributed by atoms with Gasteiger partial charge in [0.05, 0.1) is 33.5 Å². The summed E-state index contributed by atoms with van der Waals surface area (Å²) in [6.45, 7) is -0.643. The molecule has 0 radical (unpaired) electrons. The molecule has 0 aliphatic carbocycles. The lowest BCUT2D eigenvalue weighted by molar-refractivity contribution is -0.277. The van der Waals surface area contributed by atoms with Crippen molar-refractivity contribution in [1.82, 2.24) is 0 Å². The minimum Gasteiger partial charge on any atom is -0.493 e. The largest absolute Gasteiger partial charge is 0.493 e. The van der Waals surface area contributed by atoms with E-state index in [9.17, 15) is 25.2 Å². The number of carbonyl (C=O) groups is 1. The zero-order valence-electron chi connectivity index (χ0n) is 18.9. The van der Waals surface area contributed by atoms with E-state index in [1.807, 2.05) is 0 Å². The molecule has 11 heteroatoms. The fraction of sp³-hybridized carbons (Fsp3) is 0.435. The van der Waals surface area contributed by atoms with Gasteiger partial charge in [0.1, 0.15) is 31.0 Å². The Labute approximate surface area is 196 Å². The number of rotatable bonds is 9. The first-order valence-electron chi connectivity index (χ1n) is 10.4. The summed E-state index contributed by atoms with van der Waals surface area (Å²) >= 11 is 0. The Bertz CT molecular complexity index is 977. The molecule has 2 aromatic rings. The average Bonchev–Trinajstić information content (AvgIpc) is 2.87. The summed E-state index contributed by atoms with van der Waals surface area (Å²) in [5, 5.41) is 39.3. The van der Waals surface area contributed by atoms with Crippen LogP contribution in [-0.4, -0.2) is 85.0 Å². The number of aliphatic hydroxyl groups is 4. The van der Waals surface area contributed by atoms with E-state index >= 15 is 0 Å². The van der Waals surface area contributed by atoms with Gasteiger partial charge in [-0.15, -0.1) is 0 Å². The number of benzene rings is 2. The maximum absolute atomic E-state index is 12.4. The number of hydrogen-bond acceptors (Lipinski definition) is 11. The smallest absolute Gasteiger partial charge is 0.338 e. The number of aliphatic hydroxyl groups excluding tert-OH is 4. The highest BCUT2D eigenvalue weighted by atomic mass is 16.7. The third kappa shape index (κ3) is 5.51. The molecule has 0 bridgehead atoms. The number of carbonyl (C=O) groups excluding carboxylic acids is 1. The molecular formula is C23H28O11. The summed E-state index contributed by atoms with van der Waals surface area (Å²) in [6, 6.07) is 9.37. The van der Waals surface area contributed by atoms with E-state index in [-0.39, 0.29) is 23.7 Å². The van der Waals surface area contributed by atoms with Gasteiger partial charge in [0.15, 0.2) is 23.0 Å². The van der Waals surface area contributed by atoms with Gasteiger partial charge >= 0.3 is 5.97 Å². The monoisotopic (exact) mass is 480 g/mol.